The summed E-state index contributed by atoms with van der Waals surface area (Å²) in [5.74, 6) is 0. The van der Waals surface area contributed by atoms with Crippen molar-refractivity contribution in [1.82, 2.24) is 14.6 Å². The van der Waals surface area contributed by atoms with Gasteiger partial charge in [0.05, 0.1) is 6.61 Å². The zero-order valence-corrected chi connectivity index (χ0v) is 14.0. The highest BCUT2D eigenvalue weighted by Gasteiger charge is 2.60. The molecule has 24 heavy (non-hydrogen) atoms. The van der Waals surface area contributed by atoms with E-state index in [4.69, 9.17) is 9.57 Å². The first-order valence-corrected chi connectivity index (χ1v) is 7.47. The van der Waals surface area contributed by atoms with E-state index in [0.717, 1.165) is 4.57 Å². The molecule has 0 bridgehead atoms. The Morgan fingerprint density at radius 1 is 1.46 bits per heavy atom. The number of aromatic nitrogens is 2. The number of nitrogens with zero attached hydrogens (tertiary/aromatic N) is 2. The van der Waals surface area contributed by atoms with Gasteiger partial charge in [0, 0.05) is 25.9 Å². The van der Waals surface area contributed by atoms with E-state index in [9.17, 15) is 24.9 Å². The maximum Gasteiger partial charge on any atom is 0.330 e. The van der Waals surface area contributed by atoms with Gasteiger partial charge in [-0.25, -0.2) is 4.79 Å². The summed E-state index contributed by atoms with van der Waals surface area (Å²) in [4.78, 5) is 31.6. The molecule has 0 saturated carbocycles. The minimum absolute atomic E-state index is 0.212. The maximum absolute atomic E-state index is 12.3. The molecule has 1 unspecified atom stereocenters. The van der Waals surface area contributed by atoms with Crippen LogP contribution in [0.1, 0.15) is 12.5 Å². The third-order valence-electron chi connectivity index (χ3n) is 4.10. The van der Waals surface area contributed by atoms with E-state index in [1.807, 2.05) is 0 Å². The number of nitrogens with one attached hydrogen (secondary N) is 1. The van der Waals surface area contributed by atoms with E-state index in [1.54, 1.807) is 21.0 Å². The Balaban J connectivity index is 2.67. The standard InChI is InChI=1S/C14H23N3O7/c1-7-5-17(13(22)15-12(7)21)14(8(2)24-16(3)4)11(20)10(19)9(6-18)23-14/h5,8-11,18-20H,6H2,1-4H3,(H,15,21,22)/t8?,9-,10-,11-,14-/m1/s1. The Bertz CT molecular complexity index is 700. The molecular weight excluding hydrogens is 322 g/mol. The number of H-pyrrole nitrogens is 1. The van der Waals surface area contributed by atoms with Crippen LogP contribution < -0.4 is 11.2 Å². The van der Waals surface area contributed by atoms with Gasteiger partial charge in [-0.15, -0.1) is 0 Å². The minimum Gasteiger partial charge on any atom is -0.394 e. The lowest BCUT2D eigenvalue weighted by Crippen LogP contribution is -2.59. The second kappa shape index (κ2) is 6.75. The largest absolute Gasteiger partial charge is 0.394 e. The third-order valence-corrected chi connectivity index (χ3v) is 4.10. The first-order chi connectivity index (χ1) is 11.1. The topological polar surface area (TPSA) is 137 Å². The number of hydrogen-bond donors (Lipinski definition) is 4. The molecule has 1 aromatic heterocycles. The maximum atomic E-state index is 12.3. The van der Waals surface area contributed by atoms with Crippen LogP contribution in [-0.4, -0.2) is 75.1 Å². The molecule has 1 aliphatic rings. The summed E-state index contributed by atoms with van der Waals surface area (Å²) in [6, 6.07) is 0. The first kappa shape index (κ1) is 18.8. The molecular formula is C14H23N3O7. The molecule has 0 radical (unpaired) electrons. The Kier molecular flexibility index (Phi) is 5.28. The fraction of sp³-hybridized carbons (Fsp3) is 0.714. The number of aromatic amines is 1. The number of rotatable bonds is 5. The number of ether oxygens (including phenoxy) is 1. The van der Waals surface area contributed by atoms with Crippen molar-refractivity contribution in [3.8, 4) is 0 Å². The summed E-state index contributed by atoms with van der Waals surface area (Å²) in [7, 11) is 3.21. The molecule has 2 rings (SSSR count). The van der Waals surface area contributed by atoms with E-state index in [2.05, 4.69) is 4.98 Å². The number of hydrogen-bond acceptors (Lipinski definition) is 8. The number of aliphatic hydroxyl groups excluding tert-OH is 3. The summed E-state index contributed by atoms with van der Waals surface area (Å²) in [5.41, 5.74) is -3.02. The van der Waals surface area contributed by atoms with Gasteiger partial charge in [-0.2, -0.15) is 5.06 Å². The van der Waals surface area contributed by atoms with Gasteiger partial charge in [0.25, 0.3) is 5.56 Å². The molecule has 1 saturated heterocycles. The second-order valence-electron chi connectivity index (χ2n) is 6.03. The molecule has 4 N–H and O–H groups in total. The smallest absolute Gasteiger partial charge is 0.330 e. The highest BCUT2D eigenvalue weighted by molar-refractivity contribution is 5.09. The first-order valence-electron chi connectivity index (χ1n) is 7.47. The summed E-state index contributed by atoms with van der Waals surface area (Å²) in [6.07, 6.45) is -3.84. The zero-order valence-electron chi connectivity index (χ0n) is 14.0. The van der Waals surface area contributed by atoms with Crippen molar-refractivity contribution < 1.29 is 24.9 Å². The number of hydroxylamine groups is 2. The fourth-order valence-corrected chi connectivity index (χ4v) is 2.92. The molecule has 10 nitrogen and oxygen atoms in total. The average Bonchev–Trinajstić information content (AvgIpc) is 2.75. The van der Waals surface area contributed by atoms with Crippen LogP contribution in [0.4, 0.5) is 0 Å². The van der Waals surface area contributed by atoms with Crippen LogP contribution in [0, 0.1) is 6.92 Å². The predicted octanol–water partition coefficient (Wildman–Crippen LogP) is -2.51. The van der Waals surface area contributed by atoms with E-state index in [1.165, 1.54) is 18.2 Å². The van der Waals surface area contributed by atoms with Gasteiger partial charge in [0.1, 0.15) is 24.4 Å². The SMILES string of the molecule is Cc1cn([C@]2(C(C)ON(C)C)O[C@H](CO)[C@@H](O)[C@H]2O)c(=O)[nH]c1=O. The average molecular weight is 345 g/mol. The highest BCUT2D eigenvalue weighted by atomic mass is 16.7. The number of aliphatic hydroxyl groups is 3. The van der Waals surface area contributed by atoms with Gasteiger partial charge in [-0.05, 0) is 13.8 Å². The Morgan fingerprint density at radius 2 is 2.08 bits per heavy atom. The second-order valence-corrected chi connectivity index (χ2v) is 6.03. The van der Waals surface area contributed by atoms with Gasteiger partial charge >= 0.3 is 5.69 Å². The van der Waals surface area contributed by atoms with Crippen molar-refractivity contribution in [1.29, 1.82) is 0 Å². The van der Waals surface area contributed by atoms with Crippen LogP contribution in [0.5, 0.6) is 0 Å². The van der Waals surface area contributed by atoms with Crippen LogP contribution >= 0.6 is 0 Å². The lowest BCUT2D eigenvalue weighted by atomic mass is 9.97. The quantitative estimate of drug-likeness (QED) is 0.430. The summed E-state index contributed by atoms with van der Waals surface area (Å²) >= 11 is 0. The van der Waals surface area contributed by atoms with Gasteiger partial charge in [0.15, 0.2) is 0 Å². The van der Waals surface area contributed by atoms with E-state index in [-0.39, 0.29) is 5.56 Å². The zero-order chi connectivity index (χ0) is 18.2. The summed E-state index contributed by atoms with van der Waals surface area (Å²) < 4.78 is 6.67. The van der Waals surface area contributed by atoms with Gasteiger partial charge in [-0.1, -0.05) is 0 Å². The Hall–Kier alpha value is -1.56. The molecule has 0 aromatic carbocycles. The van der Waals surface area contributed by atoms with Crippen LogP contribution in [0.15, 0.2) is 15.8 Å². The van der Waals surface area contributed by atoms with Gasteiger partial charge < -0.3 is 20.1 Å². The van der Waals surface area contributed by atoms with Crippen LogP contribution in [0.2, 0.25) is 0 Å². The molecule has 2 heterocycles. The molecule has 10 heteroatoms. The van der Waals surface area contributed by atoms with Crippen molar-refractivity contribution in [3.63, 3.8) is 0 Å². The van der Waals surface area contributed by atoms with Crippen molar-refractivity contribution in [2.45, 2.75) is 44.0 Å². The molecule has 0 spiro atoms. The van der Waals surface area contributed by atoms with Crippen molar-refractivity contribution in [2.24, 2.45) is 0 Å². The van der Waals surface area contributed by atoms with Crippen LogP contribution in [0.3, 0.4) is 0 Å². The summed E-state index contributed by atoms with van der Waals surface area (Å²) in [5, 5.41) is 31.5. The molecule has 1 fully saturated rings. The normalized spacial score (nSPS) is 31.6. The number of aryl methyl sites for hydroxylation is 1. The molecule has 5 atom stereocenters. The predicted molar refractivity (Wildman–Crippen MR) is 82.2 cm³/mol. The Labute approximate surface area is 137 Å². The lowest BCUT2D eigenvalue weighted by molar-refractivity contribution is -0.276. The van der Waals surface area contributed by atoms with E-state index < -0.39 is 48.0 Å². The van der Waals surface area contributed by atoms with Crippen LogP contribution in [-0.2, 0) is 15.3 Å². The Morgan fingerprint density at radius 3 is 2.58 bits per heavy atom. The fourth-order valence-electron chi connectivity index (χ4n) is 2.92. The van der Waals surface area contributed by atoms with Crippen molar-refractivity contribution >= 4 is 0 Å². The van der Waals surface area contributed by atoms with Gasteiger partial charge in [-0.3, -0.25) is 19.2 Å². The summed E-state index contributed by atoms with van der Waals surface area (Å²) in [6.45, 7) is 2.47. The van der Waals surface area contributed by atoms with E-state index in [0.29, 0.717) is 0 Å². The van der Waals surface area contributed by atoms with Crippen LogP contribution in [0.25, 0.3) is 0 Å². The third kappa shape index (κ3) is 2.92. The molecule has 0 amide bonds. The molecule has 0 aliphatic carbocycles. The van der Waals surface area contributed by atoms with E-state index >= 15 is 0 Å². The van der Waals surface area contributed by atoms with Crippen molar-refractivity contribution in [2.75, 3.05) is 20.7 Å². The lowest BCUT2D eigenvalue weighted by Gasteiger charge is -2.39. The minimum atomic E-state index is -1.83. The molecule has 1 aliphatic heterocycles. The molecule has 1 aromatic rings. The monoisotopic (exact) mass is 345 g/mol. The van der Waals surface area contributed by atoms with Gasteiger partial charge in [0.2, 0.25) is 5.72 Å². The van der Waals surface area contributed by atoms with Crippen molar-refractivity contribution in [3.05, 3.63) is 32.6 Å². The molecule has 136 valence electrons. The highest BCUT2D eigenvalue weighted by Crippen LogP contribution is 2.39.